The molecule has 0 fully saturated rings. The molecular weight excluding hydrogens is 512 g/mol. The van der Waals surface area contributed by atoms with Crippen LogP contribution in [0.25, 0.3) is 0 Å². The van der Waals surface area contributed by atoms with Crippen molar-refractivity contribution < 1.29 is 37.4 Å². The molecule has 0 radical (unpaired) electrons. The van der Waals surface area contributed by atoms with Crippen LogP contribution in [0.15, 0.2) is 77.7 Å². The lowest BCUT2D eigenvalue weighted by Gasteiger charge is -2.15. The molecule has 3 aromatic carbocycles. The van der Waals surface area contributed by atoms with Crippen LogP contribution in [0.3, 0.4) is 0 Å². The Hall–Kier alpha value is -4.38. The minimum absolute atomic E-state index is 0.243. The van der Waals surface area contributed by atoms with Crippen molar-refractivity contribution in [3.05, 3.63) is 83.9 Å². The maximum atomic E-state index is 13.0. The van der Waals surface area contributed by atoms with Crippen molar-refractivity contribution >= 4 is 39.2 Å². The molecule has 0 spiro atoms. The highest BCUT2D eigenvalue weighted by atomic mass is 32.2. The Bertz CT molecular complexity index is 1370. The van der Waals surface area contributed by atoms with E-state index in [0.29, 0.717) is 22.7 Å². The Morgan fingerprint density at radius 3 is 2.00 bits per heavy atom. The summed E-state index contributed by atoms with van der Waals surface area (Å²) < 4.78 is 36.0. The van der Waals surface area contributed by atoms with Crippen molar-refractivity contribution in [3.8, 4) is 5.75 Å². The van der Waals surface area contributed by atoms with Crippen LogP contribution in [0, 0.1) is 0 Å². The van der Waals surface area contributed by atoms with E-state index in [1.165, 1.54) is 31.4 Å². The number of carboxylic acids is 1. The zero-order chi connectivity index (χ0) is 27.7. The van der Waals surface area contributed by atoms with Gasteiger partial charge in [0.15, 0.2) is 15.1 Å². The molecule has 1 atom stereocenters. The number of ether oxygens (including phenoxy) is 2. The second-order valence-corrected chi connectivity index (χ2v) is 10.3. The van der Waals surface area contributed by atoms with Gasteiger partial charge in [-0.3, -0.25) is 14.9 Å². The first kappa shape index (κ1) is 28.2. The summed E-state index contributed by atoms with van der Waals surface area (Å²) in [5, 5.41) is 12.9. The lowest BCUT2D eigenvalue weighted by Crippen LogP contribution is -2.32. The lowest BCUT2D eigenvalue weighted by atomic mass is 10.1. The number of methoxy groups -OCH3 is 1. The maximum Gasteiger partial charge on any atom is 0.411 e. The van der Waals surface area contributed by atoms with E-state index in [1.54, 1.807) is 36.4 Å². The lowest BCUT2D eigenvalue weighted by molar-refractivity contribution is -0.136. The number of hydrogen-bond donors (Lipinski definition) is 3. The van der Waals surface area contributed by atoms with Crippen molar-refractivity contribution in [2.24, 2.45) is 0 Å². The van der Waals surface area contributed by atoms with Gasteiger partial charge in [0.25, 0.3) is 5.91 Å². The first-order chi connectivity index (χ1) is 18.1. The average Bonchev–Trinajstić information content (AvgIpc) is 2.91. The van der Waals surface area contributed by atoms with Gasteiger partial charge >= 0.3 is 12.1 Å². The zero-order valence-electron chi connectivity index (χ0n) is 20.8. The van der Waals surface area contributed by atoms with Gasteiger partial charge in [-0.1, -0.05) is 19.1 Å². The minimum Gasteiger partial charge on any atom is -0.497 e. The number of aliphatic carboxylic acids is 1. The van der Waals surface area contributed by atoms with Crippen LogP contribution in [-0.2, 0) is 25.8 Å². The smallest absolute Gasteiger partial charge is 0.411 e. The van der Waals surface area contributed by atoms with E-state index in [0.717, 1.165) is 12.0 Å². The largest absolute Gasteiger partial charge is 0.497 e. The first-order valence-electron chi connectivity index (χ1n) is 11.7. The average molecular weight is 541 g/mol. The predicted molar refractivity (Wildman–Crippen MR) is 141 cm³/mol. The Morgan fingerprint density at radius 1 is 0.868 bits per heavy atom. The molecule has 38 heavy (non-hydrogen) atoms. The molecule has 10 nitrogen and oxygen atoms in total. The predicted octanol–water partition coefficient (Wildman–Crippen LogP) is 4.38. The van der Waals surface area contributed by atoms with E-state index in [2.05, 4.69) is 10.6 Å². The van der Waals surface area contributed by atoms with E-state index in [1.807, 2.05) is 19.1 Å². The van der Waals surface area contributed by atoms with Crippen LogP contribution in [0.4, 0.5) is 16.2 Å². The van der Waals surface area contributed by atoms with Crippen LogP contribution in [0.1, 0.15) is 29.3 Å². The summed E-state index contributed by atoms with van der Waals surface area (Å²) in [5.41, 5.74) is 2.28. The van der Waals surface area contributed by atoms with Gasteiger partial charge in [0, 0.05) is 23.4 Å². The van der Waals surface area contributed by atoms with Gasteiger partial charge in [0.2, 0.25) is 0 Å². The number of sulfone groups is 1. The SMILES string of the molecule is CCc1ccc(NC(=O)OCCC(C(=O)O)S(=O)(=O)c2ccc(NC(=O)c3ccc(OC)cc3)cc2)cc1. The first-order valence-corrected chi connectivity index (χ1v) is 13.2. The molecule has 0 aliphatic rings. The van der Waals surface area contributed by atoms with Crippen LogP contribution in [-0.4, -0.2) is 50.5 Å². The monoisotopic (exact) mass is 540 g/mol. The number of carbonyl (C=O) groups excluding carboxylic acids is 2. The Kier molecular flexibility index (Phi) is 9.44. The molecule has 2 amide bonds. The van der Waals surface area contributed by atoms with Gasteiger partial charge in [-0.25, -0.2) is 13.2 Å². The number of nitrogens with one attached hydrogen (secondary N) is 2. The normalized spacial score (nSPS) is 11.7. The Labute approximate surface area is 220 Å². The number of amides is 2. The second kappa shape index (κ2) is 12.7. The molecule has 0 bridgehead atoms. The number of benzene rings is 3. The summed E-state index contributed by atoms with van der Waals surface area (Å²) in [5.74, 6) is -1.39. The fraction of sp³-hybridized carbons (Fsp3) is 0.222. The summed E-state index contributed by atoms with van der Waals surface area (Å²) in [6, 6.07) is 18.7. The van der Waals surface area contributed by atoms with Crippen LogP contribution in [0.2, 0.25) is 0 Å². The van der Waals surface area contributed by atoms with Crippen molar-refractivity contribution in [1.82, 2.24) is 0 Å². The fourth-order valence-electron chi connectivity index (χ4n) is 3.49. The number of carboxylic acid groups (broad SMARTS) is 1. The van der Waals surface area contributed by atoms with Crippen molar-refractivity contribution in [1.29, 1.82) is 0 Å². The second-order valence-electron chi connectivity index (χ2n) is 8.18. The van der Waals surface area contributed by atoms with Crippen LogP contribution < -0.4 is 15.4 Å². The zero-order valence-corrected chi connectivity index (χ0v) is 21.7. The van der Waals surface area contributed by atoms with Crippen molar-refractivity contribution in [3.63, 3.8) is 0 Å². The fourth-order valence-corrected chi connectivity index (χ4v) is 5.00. The molecule has 3 N–H and O–H groups in total. The highest BCUT2D eigenvalue weighted by Gasteiger charge is 2.34. The van der Waals surface area contributed by atoms with E-state index >= 15 is 0 Å². The Morgan fingerprint density at radius 2 is 1.45 bits per heavy atom. The van der Waals surface area contributed by atoms with Gasteiger partial charge in [0.05, 0.1) is 18.6 Å². The van der Waals surface area contributed by atoms with E-state index in [-0.39, 0.29) is 4.90 Å². The molecule has 0 aliphatic carbocycles. The molecule has 200 valence electrons. The summed E-state index contributed by atoms with van der Waals surface area (Å²) >= 11 is 0. The molecule has 0 saturated heterocycles. The topological polar surface area (TPSA) is 148 Å². The van der Waals surface area contributed by atoms with Gasteiger partial charge in [0.1, 0.15) is 5.75 Å². The van der Waals surface area contributed by atoms with Gasteiger partial charge in [-0.05, 0) is 72.6 Å². The molecule has 1 unspecified atom stereocenters. The van der Waals surface area contributed by atoms with Crippen LogP contribution in [0.5, 0.6) is 5.75 Å². The van der Waals surface area contributed by atoms with E-state index < -0.39 is 46.1 Å². The molecule has 0 aliphatic heterocycles. The molecular formula is C27H28N2O8S. The quantitative estimate of drug-likeness (QED) is 0.325. The highest BCUT2D eigenvalue weighted by Crippen LogP contribution is 2.22. The number of rotatable bonds is 11. The summed E-state index contributed by atoms with van der Waals surface area (Å²) in [4.78, 5) is 36.0. The van der Waals surface area contributed by atoms with Gasteiger partial charge in [-0.15, -0.1) is 0 Å². The van der Waals surface area contributed by atoms with Gasteiger partial charge in [-0.2, -0.15) is 0 Å². The van der Waals surface area contributed by atoms with E-state index in [4.69, 9.17) is 9.47 Å². The summed E-state index contributed by atoms with van der Waals surface area (Å²) in [7, 11) is -2.80. The number of hydrogen-bond acceptors (Lipinski definition) is 7. The minimum atomic E-state index is -4.31. The molecule has 11 heteroatoms. The van der Waals surface area contributed by atoms with Crippen molar-refractivity contribution in [2.75, 3.05) is 24.4 Å². The Balaban J connectivity index is 1.59. The van der Waals surface area contributed by atoms with E-state index in [9.17, 15) is 27.9 Å². The number of aryl methyl sites for hydroxylation is 1. The molecule has 0 heterocycles. The third-order valence-corrected chi connectivity index (χ3v) is 7.78. The third-order valence-electron chi connectivity index (χ3n) is 5.66. The molecule has 0 saturated carbocycles. The molecule has 3 aromatic rings. The number of anilines is 2. The summed E-state index contributed by atoms with van der Waals surface area (Å²) in [6.45, 7) is 1.57. The van der Waals surface area contributed by atoms with Crippen LogP contribution >= 0.6 is 0 Å². The maximum absolute atomic E-state index is 13.0. The third kappa shape index (κ3) is 7.32. The number of carbonyl (C=O) groups is 3. The van der Waals surface area contributed by atoms with Gasteiger partial charge < -0.3 is 19.9 Å². The standard InChI is InChI=1S/C27H28N2O8S/c1-3-18-4-8-21(9-5-18)29-27(33)37-17-16-24(26(31)32)38(34,35)23-14-10-20(11-15-23)28-25(30)19-6-12-22(36-2)13-7-19/h4-15,24H,3,16-17H2,1-2H3,(H,28,30)(H,29,33)(H,31,32). The highest BCUT2D eigenvalue weighted by molar-refractivity contribution is 7.92. The molecule has 3 rings (SSSR count). The summed E-state index contributed by atoms with van der Waals surface area (Å²) in [6.07, 6.45) is -0.431. The molecule has 0 aromatic heterocycles. The van der Waals surface area contributed by atoms with Crippen molar-refractivity contribution in [2.45, 2.75) is 29.9 Å².